The topological polar surface area (TPSA) is 78.7 Å². The summed E-state index contributed by atoms with van der Waals surface area (Å²) in [7, 11) is 1.91. The standard InChI is InChI=1S/C12H24N4O2S/c1-9(19)6-15(2)8-11(17)16-5-3-4-10(7-16)14-12(13)18/h9-10,19H,3-8H2,1-2H3,(H3,13,14,18). The van der Waals surface area contributed by atoms with Crippen molar-refractivity contribution in [3.8, 4) is 0 Å². The van der Waals surface area contributed by atoms with E-state index in [1.807, 2.05) is 18.9 Å². The smallest absolute Gasteiger partial charge is 0.312 e. The van der Waals surface area contributed by atoms with Crippen LogP contribution in [-0.4, -0.2) is 66.3 Å². The highest BCUT2D eigenvalue weighted by atomic mass is 32.1. The first-order chi connectivity index (χ1) is 8.88. The Kier molecular flexibility index (Phi) is 6.44. The average molecular weight is 288 g/mol. The van der Waals surface area contributed by atoms with Crippen molar-refractivity contribution >= 4 is 24.6 Å². The number of primary amides is 1. The maximum atomic E-state index is 12.1. The third-order valence-corrected chi connectivity index (χ3v) is 3.26. The van der Waals surface area contributed by atoms with Gasteiger partial charge in [0.15, 0.2) is 0 Å². The number of hydrogen-bond donors (Lipinski definition) is 3. The van der Waals surface area contributed by atoms with E-state index in [4.69, 9.17) is 5.73 Å². The molecule has 19 heavy (non-hydrogen) atoms. The van der Waals surface area contributed by atoms with Gasteiger partial charge in [-0.15, -0.1) is 0 Å². The Bertz CT molecular complexity index is 325. The molecule has 1 aliphatic rings. The predicted octanol–water partition coefficient (Wildman–Crippen LogP) is -0.104. The van der Waals surface area contributed by atoms with Crippen LogP contribution in [0, 0.1) is 0 Å². The van der Waals surface area contributed by atoms with E-state index in [0.29, 0.717) is 13.1 Å². The zero-order valence-corrected chi connectivity index (χ0v) is 12.5. The summed E-state index contributed by atoms with van der Waals surface area (Å²) < 4.78 is 0. The van der Waals surface area contributed by atoms with Gasteiger partial charge in [-0.3, -0.25) is 9.69 Å². The number of amides is 3. The number of likely N-dealkylation sites (tertiary alicyclic amines) is 1. The summed E-state index contributed by atoms with van der Waals surface area (Å²) in [5.74, 6) is 0.0902. The molecule has 1 heterocycles. The number of rotatable bonds is 5. The van der Waals surface area contributed by atoms with Crippen molar-refractivity contribution in [2.45, 2.75) is 31.1 Å². The van der Waals surface area contributed by atoms with Gasteiger partial charge >= 0.3 is 6.03 Å². The molecule has 0 bridgehead atoms. The summed E-state index contributed by atoms with van der Waals surface area (Å²) in [5.41, 5.74) is 5.11. The largest absolute Gasteiger partial charge is 0.352 e. The summed E-state index contributed by atoms with van der Waals surface area (Å²) >= 11 is 4.31. The molecule has 2 atom stereocenters. The molecule has 0 saturated carbocycles. The maximum absolute atomic E-state index is 12.1. The highest BCUT2D eigenvalue weighted by Crippen LogP contribution is 2.10. The monoisotopic (exact) mass is 288 g/mol. The van der Waals surface area contributed by atoms with Gasteiger partial charge in [0.05, 0.1) is 6.54 Å². The van der Waals surface area contributed by atoms with Crippen LogP contribution in [0.4, 0.5) is 4.79 Å². The molecule has 1 saturated heterocycles. The van der Waals surface area contributed by atoms with Gasteiger partial charge in [0.2, 0.25) is 5.91 Å². The molecule has 0 aliphatic carbocycles. The van der Waals surface area contributed by atoms with Crippen LogP contribution in [0.15, 0.2) is 0 Å². The average Bonchev–Trinajstić information content (AvgIpc) is 2.27. The minimum absolute atomic E-state index is 0.0238. The minimum Gasteiger partial charge on any atom is -0.352 e. The summed E-state index contributed by atoms with van der Waals surface area (Å²) in [4.78, 5) is 26.7. The SMILES string of the molecule is CC(S)CN(C)CC(=O)N1CCCC(NC(N)=O)C1. The molecule has 0 aromatic heterocycles. The number of thiol groups is 1. The highest BCUT2D eigenvalue weighted by Gasteiger charge is 2.24. The Morgan fingerprint density at radius 3 is 2.84 bits per heavy atom. The maximum Gasteiger partial charge on any atom is 0.312 e. The first-order valence-corrected chi connectivity index (χ1v) is 7.10. The third-order valence-electron chi connectivity index (χ3n) is 3.10. The van der Waals surface area contributed by atoms with E-state index in [2.05, 4.69) is 17.9 Å². The van der Waals surface area contributed by atoms with E-state index in [9.17, 15) is 9.59 Å². The Balaban J connectivity index is 2.41. The lowest BCUT2D eigenvalue weighted by Gasteiger charge is -2.34. The second-order valence-corrected chi connectivity index (χ2v) is 6.11. The zero-order valence-electron chi connectivity index (χ0n) is 11.6. The normalized spacial score (nSPS) is 21.3. The number of nitrogens with zero attached hydrogens (tertiary/aromatic N) is 2. The quantitative estimate of drug-likeness (QED) is 0.618. The van der Waals surface area contributed by atoms with Crippen LogP contribution in [0.25, 0.3) is 0 Å². The molecular weight excluding hydrogens is 264 g/mol. The lowest BCUT2D eigenvalue weighted by molar-refractivity contribution is -0.133. The fourth-order valence-electron chi connectivity index (χ4n) is 2.37. The molecule has 1 fully saturated rings. The van der Waals surface area contributed by atoms with Gasteiger partial charge in [-0.1, -0.05) is 6.92 Å². The van der Waals surface area contributed by atoms with E-state index in [1.165, 1.54) is 0 Å². The lowest BCUT2D eigenvalue weighted by Crippen LogP contribution is -2.52. The summed E-state index contributed by atoms with van der Waals surface area (Å²) in [6.07, 6.45) is 1.76. The predicted molar refractivity (Wildman–Crippen MR) is 78.3 cm³/mol. The van der Waals surface area contributed by atoms with Gasteiger partial charge in [0, 0.05) is 30.9 Å². The number of nitrogens with one attached hydrogen (secondary N) is 1. The molecule has 3 amide bonds. The number of likely N-dealkylation sites (N-methyl/N-ethyl adjacent to an activating group) is 1. The van der Waals surface area contributed by atoms with Crippen molar-refractivity contribution in [2.75, 3.05) is 33.2 Å². The number of carbonyl (C=O) groups excluding carboxylic acids is 2. The van der Waals surface area contributed by atoms with Crippen LogP contribution in [0.1, 0.15) is 19.8 Å². The van der Waals surface area contributed by atoms with Gasteiger partial charge in [0.25, 0.3) is 0 Å². The fraction of sp³-hybridized carbons (Fsp3) is 0.833. The molecule has 0 aromatic rings. The van der Waals surface area contributed by atoms with Crippen LogP contribution < -0.4 is 11.1 Å². The molecule has 110 valence electrons. The summed E-state index contributed by atoms with van der Waals surface area (Å²) in [5, 5.41) is 2.91. The Morgan fingerprint density at radius 2 is 2.26 bits per heavy atom. The number of carbonyl (C=O) groups is 2. The van der Waals surface area contributed by atoms with Gasteiger partial charge in [-0.05, 0) is 19.9 Å². The second-order valence-electron chi connectivity index (χ2n) is 5.23. The Morgan fingerprint density at radius 1 is 1.58 bits per heavy atom. The van der Waals surface area contributed by atoms with E-state index >= 15 is 0 Å². The van der Waals surface area contributed by atoms with E-state index in [0.717, 1.165) is 25.9 Å². The summed E-state index contributed by atoms with van der Waals surface area (Å²) in [6.45, 7) is 4.45. The van der Waals surface area contributed by atoms with Crippen LogP contribution in [0.3, 0.4) is 0 Å². The number of hydrogen-bond acceptors (Lipinski definition) is 4. The molecular formula is C12H24N4O2S. The van der Waals surface area contributed by atoms with Gasteiger partial charge < -0.3 is 16.0 Å². The zero-order chi connectivity index (χ0) is 14.4. The van der Waals surface area contributed by atoms with Crippen LogP contribution in [0.5, 0.6) is 0 Å². The van der Waals surface area contributed by atoms with Crippen molar-refractivity contribution in [1.29, 1.82) is 0 Å². The molecule has 0 radical (unpaired) electrons. The van der Waals surface area contributed by atoms with Gasteiger partial charge in [-0.2, -0.15) is 12.6 Å². The first-order valence-electron chi connectivity index (χ1n) is 6.59. The van der Waals surface area contributed by atoms with Crippen LogP contribution in [-0.2, 0) is 4.79 Å². The van der Waals surface area contributed by atoms with Crippen molar-refractivity contribution in [1.82, 2.24) is 15.1 Å². The van der Waals surface area contributed by atoms with Crippen molar-refractivity contribution in [3.05, 3.63) is 0 Å². The minimum atomic E-state index is -0.527. The third kappa shape index (κ3) is 6.15. The van der Waals surface area contributed by atoms with E-state index < -0.39 is 6.03 Å². The highest BCUT2D eigenvalue weighted by molar-refractivity contribution is 7.80. The van der Waals surface area contributed by atoms with Crippen LogP contribution in [0.2, 0.25) is 0 Å². The van der Waals surface area contributed by atoms with E-state index in [1.54, 1.807) is 4.90 Å². The van der Waals surface area contributed by atoms with Gasteiger partial charge in [0.1, 0.15) is 0 Å². The molecule has 0 aromatic carbocycles. The molecule has 6 nitrogen and oxygen atoms in total. The second kappa shape index (κ2) is 7.59. The Hall–Kier alpha value is -0.950. The Labute approximate surface area is 120 Å². The number of nitrogens with two attached hydrogens (primary N) is 1. The molecule has 0 spiro atoms. The van der Waals surface area contributed by atoms with Gasteiger partial charge in [-0.25, -0.2) is 4.79 Å². The molecule has 3 N–H and O–H groups in total. The van der Waals surface area contributed by atoms with Crippen molar-refractivity contribution in [2.24, 2.45) is 5.73 Å². The summed E-state index contributed by atoms with van der Waals surface area (Å²) in [6, 6.07) is -0.551. The van der Waals surface area contributed by atoms with Crippen LogP contribution >= 0.6 is 12.6 Å². The fourth-order valence-corrected chi connectivity index (χ4v) is 2.65. The molecule has 1 aliphatic heterocycles. The molecule has 7 heteroatoms. The number of urea groups is 1. The number of piperidine rings is 1. The van der Waals surface area contributed by atoms with E-state index in [-0.39, 0.29) is 17.2 Å². The lowest BCUT2D eigenvalue weighted by atomic mass is 10.1. The molecule has 2 unspecified atom stereocenters. The molecule has 1 rings (SSSR count). The van der Waals surface area contributed by atoms with Crippen molar-refractivity contribution in [3.63, 3.8) is 0 Å². The van der Waals surface area contributed by atoms with Crippen molar-refractivity contribution < 1.29 is 9.59 Å². The first kappa shape index (κ1) is 16.1.